The highest BCUT2D eigenvalue weighted by Crippen LogP contribution is 2.22. The molecule has 0 bridgehead atoms. The van der Waals surface area contributed by atoms with Gasteiger partial charge < -0.3 is 0 Å². The lowest BCUT2D eigenvalue weighted by atomic mass is 10.2. The largest absolute Gasteiger partial charge is 0.296 e. The summed E-state index contributed by atoms with van der Waals surface area (Å²) >= 11 is 2.66. The molecule has 0 aliphatic carbocycles. The molecule has 1 N–H and O–H groups in total. The average Bonchev–Trinajstić information content (AvgIpc) is 3.07. The summed E-state index contributed by atoms with van der Waals surface area (Å²) in [6.45, 7) is 5.79. The topological polar surface area (TPSA) is 89.2 Å². The summed E-state index contributed by atoms with van der Waals surface area (Å²) in [6, 6.07) is 0. The highest BCUT2D eigenvalue weighted by Gasteiger charge is 2.17. The molecule has 3 rings (SSSR count). The van der Waals surface area contributed by atoms with Crippen molar-refractivity contribution >= 4 is 38.7 Å². The van der Waals surface area contributed by atoms with E-state index in [9.17, 15) is 9.59 Å². The first-order valence-electron chi connectivity index (χ1n) is 6.58. The number of thiazole rings is 1. The fraction of sp³-hybridized carbons (Fsp3) is 0.308. The zero-order chi connectivity index (χ0) is 15.9. The molecule has 0 saturated heterocycles. The summed E-state index contributed by atoms with van der Waals surface area (Å²) in [5.74, 6) is -0.288. The van der Waals surface area contributed by atoms with Crippen molar-refractivity contribution in [3.63, 3.8) is 0 Å². The molecule has 7 nitrogen and oxygen atoms in total. The number of fused-ring (bicyclic) bond motifs is 1. The predicted molar refractivity (Wildman–Crippen MR) is 86.0 cm³/mol. The Hall–Kier alpha value is -2.13. The van der Waals surface area contributed by atoms with E-state index in [4.69, 9.17) is 0 Å². The van der Waals surface area contributed by atoms with Crippen LogP contribution < -0.4 is 10.9 Å². The maximum Gasteiger partial charge on any atom is 0.271 e. The van der Waals surface area contributed by atoms with Crippen molar-refractivity contribution in [2.45, 2.75) is 26.7 Å². The second-order valence-electron chi connectivity index (χ2n) is 5.03. The molecule has 3 aromatic rings. The number of carbonyl (C=O) groups excluding carboxylic acids is 1. The molecular weight excluding hydrogens is 322 g/mol. The molecule has 22 heavy (non-hydrogen) atoms. The van der Waals surface area contributed by atoms with Gasteiger partial charge in [-0.05, 0) is 6.92 Å². The van der Waals surface area contributed by atoms with E-state index >= 15 is 0 Å². The molecule has 0 fully saturated rings. The van der Waals surface area contributed by atoms with Crippen molar-refractivity contribution < 1.29 is 4.79 Å². The van der Waals surface area contributed by atoms with Crippen LogP contribution in [0.15, 0.2) is 16.4 Å². The molecule has 0 aliphatic heterocycles. The molecule has 9 heteroatoms. The van der Waals surface area contributed by atoms with Gasteiger partial charge in [0, 0.05) is 23.2 Å². The molecule has 0 radical (unpaired) electrons. The van der Waals surface area contributed by atoms with Crippen LogP contribution in [0.1, 0.15) is 40.8 Å². The lowest BCUT2D eigenvalue weighted by Crippen LogP contribution is -2.26. The number of rotatable bonds is 3. The third kappa shape index (κ3) is 2.53. The number of hydrogen-bond acceptors (Lipinski definition) is 7. The Morgan fingerprint density at radius 1 is 1.36 bits per heavy atom. The standard InChI is InChI=1S/C13H13N5O2S2/c1-6(2)10-16-17-12(22-10)15-9(19)8-4-14-13-18(11(8)20)7(3)5-21-13/h4-6H,1-3H3,(H,15,17,19). The molecule has 0 saturated carbocycles. The number of carbonyl (C=O) groups is 1. The molecule has 3 aromatic heterocycles. The first-order valence-corrected chi connectivity index (χ1v) is 8.27. The Kier molecular flexibility index (Phi) is 3.75. The number of nitrogens with one attached hydrogen (secondary N) is 1. The van der Waals surface area contributed by atoms with Crippen molar-refractivity contribution in [3.05, 3.63) is 38.2 Å². The highest BCUT2D eigenvalue weighted by atomic mass is 32.1. The van der Waals surface area contributed by atoms with Crippen LogP contribution in [-0.4, -0.2) is 25.5 Å². The summed E-state index contributed by atoms with van der Waals surface area (Å²) in [6.07, 6.45) is 1.30. The molecule has 0 unspecified atom stereocenters. The van der Waals surface area contributed by atoms with Crippen molar-refractivity contribution in [1.29, 1.82) is 0 Å². The van der Waals surface area contributed by atoms with E-state index in [2.05, 4.69) is 20.5 Å². The van der Waals surface area contributed by atoms with Gasteiger partial charge in [0.15, 0.2) is 4.96 Å². The van der Waals surface area contributed by atoms with E-state index < -0.39 is 5.91 Å². The monoisotopic (exact) mass is 335 g/mol. The van der Waals surface area contributed by atoms with Crippen LogP contribution >= 0.6 is 22.7 Å². The van der Waals surface area contributed by atoms with Crippen LogP contribution in [0.4, 0.5) is 5.13 Å². The molecule has 1 amide bonds. The van der Waals surface area contributed by atoms with Crippen LogP contribution in [0.2, 0.25) is 0 Å². The third-order valence-electron chi connectivity index (χ3n) is 3.02. The summed E-state index contributed by atoms with van der Waals surface area (Å²) in [5, 5.41) is 13.5. The Morgan fingerprint density at radius 3 is 2.82 bits per heavy atom. The van der Waals surface area contributed by atoms with Gasteiger partial charge in [-0.25, -0.2) is 4.98 Å². The van der Waals surface area contributed by atoms with E-state index in [0.29, 0.717) is 10.1 Å². The lowest BCUT2D eigenvalue weighted by molar-refractivity contribution is 0.102. The van der Waals surface area contributed by atoms with E-state index in [1.165, 1.54) is 33.3 Å². The molecule has 3 heterocycles. The number of anilines is 1. The van der Waals surface area contributed by atoms with Gasteiger partial charge in [0.25, 0.3) is 11.5 Å². The maximum atomic E-state index is 12.4. The second kappa shape index (κ2) is 5.58. The smallest absolute Gasteiger partial charge is 0.271 e. The quantitative estimate of drug-likeness (QED) is 0.793. The molecule has 0 aliphatic rings. The number of amides is 1. The van der Waals surface area contributed by atoms with Gasteiger partial charge in [0.1, 0.15) is 10.6 Å². The van der Waals surface area contributed by atoms with Gasteiger partial charge in [-0.2, -0.15) is 0 Å². The lowest BCUT2D eigenvalue weighted by Gasteiger charge is -2.02. The van der Waals surface area contributed by atoms with Gasteiger partial charge in [-0.3, -0.25) is 19.3 Å². The van der Waals surface area contributed by atoms with E-state index in [0.717, 1.165) is 10.7 Å². The molecule has 0 spiro atoms. The molecule has 0 aromatic carbocycles. The van der Waals surface area contributed by atoms with Crippen LogP contribution in [0, 0.1) is 6.92 Å². The zero-order valence-electron chi connectivity index (χ0n) is 12.2. The van der Waals surface area contributed by atoms with Gasteiger partial charge in [-0.1, -0.05) is 25.2 Å². The molecular formula is C13H13N5O2S2. The maximum absolute atomic E-state index is 12.4. The van der Waals surface area contributed by atoms with E-state index in [1.54, 1.807) is 6.92 Å². The SMILES string of the molecule is Cc1csc2ncc(C(=O)Nc3nnc(C(C)C)s3)c(=O)n12. The molecule has 114 valence electrons. The van der Waals surface area contributed by atoms with Crippen LogP contribution in [0.25, 0.3) is 4.96 Å². The second-order valence-corrected chi connectivity index (χ2v) is 6.87. The third-order valence-corrected chi connectivity index (χ3v) is 5.11. The first-order chi connectivity index (χ1) is 10.5. The van der Waals surface area contributed by atoms with E-state index in [1.807, 2.05) is 19.2 Å². The van der Waals surface area contributed by atoms with Crippen molar-refractivity contribution in [1.82, 2.24) is 19.6 Å². The van der Waals surface area contributed by atoms with Crippen LogP contribution in [0.3, 0.4) is 0 Å². The van der Waals surface area contributed by atoms with Crippen molar-refractivity contribution in [2.24, 2.45) is 0 Å². The van der Waals surface area contributed by atoms with Gasteiger partial charge in [-0.15, -0.1) is 21.5 Å². The Morgan fingerprint density at radius 2 is 2.14 bits per heavy atom. The van der Waals surface area contributed by atoms with Gasteiger partial charge in [0.2, 0.25) is 5.13 Å². The van der Waals surface area contributed by atoms with Crippen molar-refractivity contribution in [2.75, 3.05) is 5.32 Å². The normalized spacial score (nSPS) is 11.3. The summed E-state index contributed by atoms with van der Waals surface area (Å²) in [7, 11) is 0. The fourth-order valence-corrected chi connectivity index (χ4v) is 3.43. The van der Waals surface area contributed by atoms with Crippen LogP contribution in [0.5, 0.6) is 0 Å². The minimum absolute atomic E-state index is 0.0136. The summed E-state index contributed by atoms with van der Waals surface area (Å²) in [4.78, 5) is 29.4. The minimum atomic E-state index is -0.524. The van der Waals surface area contributed by atoms with Crippen molar-refractivity contribution in [3.8, 4) is 0 Å². The van der Waals surface area contributed by atoms with E-state index in [-0.39, 0.29) is 17.0 Å². The number of nitrogens with zero attached hydrogens (tertiary/aromatic N) is 4. The number of hydrogen-bond donors (Lipinski definition) is 1. The predicted octanol–water partition coefficient (Wildman–Crippen LogP) is 2.29. The Bertz CT molecular complexity index is 909. The summed E-state index contributed by atoms with van der Waals surface area (Å²) < 4.78 is 1.43. The highest BCUT2D eigenvalue weighted by molar-refractivity contribution is 7.15. The van der Waals surface area contributed by atoms with Gasteiger partial charge in [0.05, 0.1) is 0 Å². The minimum Gasteiger partial charge on any atom is -0.296 e. The fourth-order valence-electron chi connectivity index (χ4n) is 1.86. The van der Waals surface area contributed by atoms with Gasteiger partial charge >= 0.3 is 0 Å². The number of aryl methyl sites for hydroxylation is 1. The Labute approximate surface area is 133 Å². The Balaban J connectivity index is 1.93. The zero-order valence-corrected chi connectivity index (χ0v) is 13.8. The number of aromatic nitrogens is 4. The average molecular weight is 335 g/mol. The summed E-state index contributed by atoms with van der Waals surface area (Å²) in [5.41, 5.74) is 0.361. The molecule has 0 atom stereocenters. The van der Waals surface area contributed by atoms with Crippen LogP contribution in [-0.2, 0) is 0 Å². The first kappa shape index (κ1) is 14.8.